The number of nitrogens with one attached hydrogen (secondary N) is 2. The normalized spacial score (nSPS) is 20.1. The van der Waals surface area contributed by atoms with E-state index in [1.54, 1.807) is 0 Å². The third-order valence-electron chi connectivity index (χ3n) is 9.55. The summed E-state index contributed by atoms with van der Waals surface area (Å²) in [6, 6.07) is 7.72. The van der Waals surface area contributed by atoms with E-state index in [-0.39, 0.29) is 42.4 Å². The Morgan fingerprint density at radius 1 is 0.860 bits per heavy atom. The number of hydrogen-bond donors (Lipinski definition) is 4. The molecule has 1 aromatic carbocycles. The van der Waals surface area contributed by atoms with Crippen LogP contribution in [0.2, 0.25) is 5.28 Å². The number of nitrogens with zero attached hydrogens (tertiary/aromatic N) is 6. The maximum Gasteiger partial charge on any atom is 0.227 e. The average Bonchev–Trinajstić information content (AvgIpc) is 3.82. The minimum atomic E-state index is -1.10. The molecule has 4 N–H and O–H groups in total. The molecule has 3 aliphatic heterocycles. The van der Waals surface area contributed by atoms with E-state index in [1.165, 1.54) is 0 Å². The summed E-state index contributed by atoms with van der Waals surface area (Å²) >= 11 is 5.86. The number of hydrogen-bond acceptors (Lipinski definition) is 13. The molecule has 0 aliphatic carbocycles. The third kappa shape index (κ3) is 7.81. The Labute approximate surface area is 301 Å². The molecule has 0 spiro atoms. The van der Waals surface area contributed by atoms with Crippen molar-refractivity contribution in [3.8, 4) is 0 Å². The van der Waals surface area contributed by atoms with Crippen molar-refractivity contribution < 1.29 is 23.2 Å². The highest BCUT2D eigenvalue weighted by Crippen LogP contribution is 2.36. The van der Waals surface area contributed by atoms with E-state index in [4.69, 9.17) is 26.1 Å². The van der Waals surface area contributed by atoms with Gasteiger partial charge in [0, 0.05) is 48.7 Å². The van der Waals surface area contributed by atoms with Gasteiger partial charge in [0.15, 0.2) is 5.58 Å². The molecule has 7 rings (SSSR count). The van der Waals surface area contributed by atoms with Crippen molar-refractivity contribution in [2.45, 2.75) is 81.2 Å². The Morgan fingerprint density at radius 3 is 2.00 bits per heavy atom. The van der Waals surface area contributed by atoms with Crippen LogP contribution in [0.1, 0.15) is 63.5 Å². The Balaban J connectivity index is 0.000000204. The Morgan fingerprint density at radius 2 is 1.42 bits per heavy atom. The highest BCUT2D eigenvalue weighted by atomic mass is 35.5. The van der Waals surface area contributed by atoms with Gasteiger partial charge >= 0.3 is 0 Å². The number of rotatable bonds is 10. The number of aliphatic hydroxyl groups excluding tert-OH is 2. The highest BCUT2D eigenvalue weighted by molar-refractivity contribution is 7.85. The number of fused-ring (bicyclic) bond motifs is 3. The van der Waals surface area contributed by atoms with Crippen molar-refractivity contribution >= 4 is 61.8 Å². The second-order valence-corrected chi connectivity index (χ2v) is 16.9. The Kier molecular flexibility index (Phi) is 11.7. The van der Waals surface area contributed by atoms with Crippen LogP contribution in [0.4, 0.5) is 17.6 Å². The van der Waals surface area contributed by atoms with E-state index in [2.05, 4.69) is 36.7 Å². The fourth-order valence-corrected chi connectivity index (χ4v) is 9.25. The average molecular weight is 745 g/mol. The maximum atomic E-state index is 12.6. The molecule has 0 amide bonds. The molecule has 0 bridgehead atoms. The lowest BCUT2D eigenvalue weighted by Crippen LogP contribution is -2.35. The van der Waals surface area contributed by atoms with Crippen molar-refractivity contribution in [2.24, 2.45) is 11.8 Å². The zero-order valence-corrected chi connectivity index (χ0v) is 31.2. The van der Waals surface area contributed by atoms with Crippen molar-refractivity contribution in [2.75, 3.05) is 53.3 Å². The summed E-state index contributed by atoms with van der Waals surface area (Å²) < 4.78 is 30.0. The minimum absolute atomic E-state index is 0.00450. The molecular formula is C34H45ClN8O5S2. The van der Waals surface area contributed by atoms with Gasteiger partial charge in [0.05, 0.1) is 64.0 Å². The highest BCUT2D eigenvalue weighted by Gasteiger charge is 2.31. The molecule has 4 atom stereocenters. The van der Waals surface area contributed by atoms with Crippen LogP contribution in [-0.4, -0.2) is 93.6 Å². The van der Waals surface area contributed by atoms with Gasteiger partial charge in [0.2, 0.25) is 11.2 Å². The fraction of sp³-hybridized carbons (Fsp3) is 0.559. The fourth-order valence-electron chi connectivity index (χ4n) is 6.44. The van der Waals surface area contributed by atoms with E-state index in [0.717, 1.165) is 54.0 Å². The first-order valence-electron chi connectivity index (χ1n) is 17.2. The molecule has 1 saturated heterocycles. The Hall–Kier alpha value is -3.24. The van der Waals surface area contributed by atoms with Crippen LogP contribution in [-0.2, 0) is 34.4 Å². The Bertz CT molecular complexity index is 1870. The van der Waals surface area contributed by atoms with E-state index in [9.17, 15) is 18.6 Å². The quantitative estimate of drug-likeness (QED) is 0.169. The molecule has 4 aromatic rings. The number of piperidine rings is 1. The molecule has 0 saturated carbocycles. The molecule has 50 heavy (non-hydrogen) atoms. The third-order valence-corrected chi connectivity index (χ3v) is 12.6. The number of benzene rings is 1. The van der Waals surface area contributed by atoms with Gasteiger partial charge in [-0.1, -0.05) is 45.0 Å². The lowest BCUT2D eigenvalue weighted by atomic mass is 9.92. The van der Waals surface area contributed by atoms with Crippen molar-refractivity contribution in [1.29, 1.82) is 0 Å². The van der Waals surface area contributed by atoms with Gasteiger partial charge in [-0.05, 0) is 48.4 Å². The SMILES string of the molecule is CC(C)[C@H](CO)Nc1nc(Cl)nc2c1S(=O)CC2.CC(C)[C@H](CO)Nc1nc(N2CCC(c3noc4ccccc34)CC2)nc2c1S(=O)CC2. The predicted octanol–water partition coefficient (Wildman–Crippen LogP) is 4.32. The standard InChI is InChI=1S/C23H29N5O3S.C11H16ClN3O2S/c1-14(2)18(13-29)24-22-21-17(9-12-32(21)30)25-23(26-22)28-10-7-15(8-11-28)20-16-5-3-4-6-19(16)31-27-20;1-6(2)8(5-16)13-10-9-7(3-4-18(9)17)14-11(12)15-10/h3-6,14-15,18,29H,7-13H2,1-2H3,(H,24,25,26);6,8,16H,3-5H2,1-2H3,(H,13,14,15)/t18-,32?;8-,18?/m00/s1. The summed E-state index contributed by atoms with van der Waals surface area (Å²) in [5.41, 5.74) is 3.48. The number of aliphatic hydroxyl groups is 2. The topological polar surface area (TPSA) is 179 Å². The van der Waals surface area contributed by atoms with Crippen molar-refractivity contribution in [3.63, 3.8) is 0 Å². The van der Waals surface area contributed by atoms with Gasteiger partial charge in [-0.25, -0.2) is 9.97 Å². The largest absolute Gasteiger partial charge is 0.394 e. The summed E-state index contributed by atoms with van der Waals surface area (Å²) in [6.07, 6.45) is 3.23. The van der Waals surface area contributed by atoms with Crippen LogP contribution in [0.25, 0.3) is 11.0 Å². The minimum Gasteiger partial charge on any atom is -0.394 e. The number of aromatic nitrogens is 5. The molecule has 3 aliphatic rings. The van der Waals surface area contributed by atoms with Gasteiger partial charge in [0.1, 0.15) is 21.4 Å². The van der Waals surface area contributed by atoms with Crippen LogP contribution in [0, 0.1) is 11.8 Å². The molecule has 6 heterocycles. The van der Waals surface area contributed by atoms with E-state index < -0.39 is 21.6 Å². The number of halogens is 1. The number of aryl methyl sites for hydroxylation is 2. The summed E-state index contributed by atoms with van der Waals surface area (Å²) in [5.74, 6) is 3.71. The molecule has 270 valence electrons. The van der Waals surface area contributed by atoms with E-state index in [0.29, 0.717) is 57.6 Å². The summed E-state index contributed by atoms with van der Waals surface area (Å²) in [7, 11) is -2.18. The van der Waals surface area contributed by atoms with Crippen molar-refractivity contribution in [3.05, 3.63) is 46.6 Å². The zero-order valence-electron chi connectivity index (χ0n) is 28.8. The molecular weight excluding hydrogens is 700 g/mol. The molecule has 16 heteroatoms. The first-order valence-corrected chi connectivity index (χ1v) is 20.2. The lowest BCUT2D eigenvalue weighted by Gasteiger charge is -2.32. The monoisotopic (exact) mass is 744 g/mol. The zero-order chi connectivity index (χ0) is 35.5. The molecule has 2 unspecified atom stereocenters. The molecule has 0 radical (unpaired) electrons. The van der Waals surface area contributed by atoms with Gasteiger partial charge in [-0.2, -0.15) is 9.97 Å². The van der Waals surface area contributed by atoms with Gasteiger partial charge < -0.3 is 30.3 Å². The molecule has 13 nitrogen and oxygen atoms in total. The van der Waals surface area contributed by atoms with Crippen LogP contribution < -0.4 is 15.5 Å². The lowest BCUT2D eigenvalue weighted by molar-refractivity contribution is 0.248. The van der Waals surface area contributed by atoms with E-state index in [1.807, 2.05) is 45.9 Å². The molecule has 3 aromatic heterocycles. The molecule has 1 fully saturated rings. The maximum absolute atomic E-state index is 12.6. The number of anilines is 3. The van der Waals surface area contributed by atoms with Crippen molar-refractivity contribution in [1.82, 2.24) is 25.1 Å². The van der Waals surface area contributed by atoms with Crippen LogP contribution >= 0.6 is 11.6 Å². The first kappa shape index (κ1) is 36.5. The predicted molar refractivity (Wildman–Crippen MR) is 196 cm³/mol. The van der Waals surface area contributed by atoms with Crippen LogP contribution in [0.3, 0.4) is 0 Å². The second kappa shape index (κ2) is 16.0. The second-order valence-electron chi connectivity index (χ2n) is 13.5. The van der Waals surface area contributed by atoms with Gasteiger partial charge in [-0.15, -0.1) is 0 Å². The first-order chi connectivity index (χ1) is 24.1. The summed E-state index contributed by atoms with van der Waals surface area (Å²) in [4.78, 5) is 21.3. The van der Waals surface area contributed by atoms with Crippen LogP contribution in [0.5, 0.6) is 0 Å². The van der Waals surface area contributed by atoms with Gasteiger partial charge in [0.25, 0.3) is 0 Å². The smallest absolute Gasteiger partial charge is 0.227 e. The summed E-state index contributed by atoms with van der Waals surface area (Å²) in [5, 5.41) is 31.2. The summed E-state index contributed by atoms with van der Waals surface area (Å²) in [6.45, 7) is 9.70. The van der Waals surface area contributed by atoms with Crippen LogP contribution in [0.15, 0.2) is 38.6 Å². The van der Waals surface area contributed by atoms with E-state index >= 15 is 0 Å². The van der Waals surface area contributed by atoms with Gasteiger partial charge in [-0.3, -0.25) is 8.42 Å². The number of para-hydroxylation sites is 1.